The third kappa shape index (κ3) is 3.55. The molecule has 2 rings (SSSR count). The molecule has 0 aliphatic carbocycles. The van der Waals surface area contributed by atoms with Gasteiger partial charge in [-0.1, -0.05) is 13.8 Å². The van der Waals surface area contributed by atoms with Gasteiger partial charge in [0, 0.05) is 11.1 Å². The van der Waals surface area contributed by atoms with Crippen LogP contribution in [0.2, 0.25) is 0 Å². The molecule has 1 aromatic carbocycles. The summed E-state index contributed by atoms with van der Waals surface area (Å²) in [6.07, 6.45) is 0. The van der Waals surface area contributed by atoms with Gasteiger partial charge in [0.15, 0.2) is 0 Å². The van der Waals surface area contributed by atoms with Gasteiger partial charge in [0.1, 0.15) is 11.1 Å². The van der Waals surface area contributed by atoms with Gasteiger partial charge in [0.2, 0.25) is 5.91 Å². The van der Waals surface area contributed by atoms with Gasteiger partial charge < -0.3 is 15.5 Å². The van der Waals surface area contributed by atoms with Gasteiger partial charge in [-0.05, 0) is 30.2 Å². The summed E-state index contributed by atoms with van der Waals surface area (Å²) in [7, 11) is 0. The summed E-state index contributed by atoms with van der Waals surface area (Å²) < 4.78 is 5.05. The third-order valence-corrected chi connectivity index (χ3v) is 3.40. The molecule has 0 radical (unpaired) electrons. The van der Waals surface area contributed by atoms with Crippen LogP contribution in [0.4, 0.5) is 5.69 Å². The summed E-state index contributed by atoms with van der Waals surface area (Å²) in [6, 6.07) is 5.40. The molecule has 0 aliphatic rings. The average molecular weight is 318 g/mol. The van der Waals surface area contributed by atoms with Crippen LogP contribution in [-0.4, -0.2) is 17.9 Å². The van der Waals surface area contributed by atoms with Crippen LogP contribution in [0.1, 0.15) is 24.2 Å². The lowest BCUT2D eigenvalue weighted by atomic mass is 10.0. The van der Waals surface area contributed by atoms with Crippen molar-refractivity contribution in [1.29, 1.82) is 0 Å². The molecule has 0 aliphatic heterocycles. The lowest BCUT2D eigenvalue weighted by molar-refractivity contribution is -0.118. The molecule has 0 saturated heterocycles. The second kappa shape index (κ2) is 6.59. The molecule has 0 fully saturated rings. The molecule has 1 heterocycles. The molecular weight excluding hydrogens is 300 g/mol. The summed E-state index contributed by atoms with van der Waals surface area (Å²) in [5.41, 5.74) is 7.41. The van der Waals surface area contributed by atoms with Crippen LogP contribution in [0.25, 0.3) is 11.0 Å². The van der Waals surface area contributed by atoms with Gasteiger partial charge in [-0.15, -0.1) is 0 Å². The maximum absolute atomic E-state index is 12.0. The zero-order valence-electron chi connectivity index (χ0n) is 12.8. The number of rotatable bonds is 4. The standard InChI is InChI=1S/C15H18N4O4/c1-7(2)12(16)14(21)18-9-3-4-11-8(5-9)6-10(13(20)19-17)15(22)23-11/h3-7,12H,16-17H2,1-2H3,(H,18,21)(H,19,20)/t12-/m0/s1. The molecule has 0 saturated carbocycles. The number of hydrogen-bond donors (Lipinski definition) is 4. The number of hydrogen-bond acceptors (Lipinski definition) is 6. The van der Waals surface area contributed by atoms with E-state index < -0.39 is 17.6 Å². The van der Waals surface area contributed by atoms with Crippen molar-refractivity contribution >= 4 is 28.5 Å². The van der Waals surface area contributed by atoms with E-state index in [2.05, 4.69) is 5.32 Å². The lowest BCUT2D eigenvalue weighted by Gasteiger charge is -2.15. The average Bonchev–Trinajstić information content (AvgIpc) is 2.52. The second-order valence-corrected chi connectivity index (χ2v) is 5.43. The van der Waals surface area contributed by atoms with Crippen molar-refractivity contribution in [3.8, 4) is 0 Å². The molecule has 2 amide bonds. The van der Waals surface area contributed by atoms with Crippen LogP contribution >= 0.6 is 0 Å². The Balaban J connectivity index is 2.38. The van der Waals surface area contributed by atoms with Gasteiger partial charge in [-0.3, -0.25) is 15.0 Å². The van der Waals surface area contributed by atoms with Gasteiger partial charge in [-0.2, -0.15) is 0 Å². The number of nitrogen functional groups attached to an aromatic ring is 1. The fraction of sp³-hybridized carbons (Fsp3) is 0.267. The van der Waals surface area contributed by atoms with E-state index in [4.69, 9.17) is 16.0 Å². The smallest absolute Gasteiger partial charge is 0.349 e. The molecule has 1 atom stereocenters. The number of amides is 2. The Labute approximate surface area is 131 Å². The number of anilines is 1. The van der Waals surface area contributed by atoms with Gasteiger partial charge in [-0.25, -0.2) is 10.6 Å². The highest BCUT2D eigenvalue weighted by Crippen LogP contribution is 2.19. The topological polar surface area (TPSA) is 140 Å². The Morgan fingerprint density at radius 3 is 2.52 bits per heavy atom. The van der Waals surface area contributed by atoms with E-state index in [1.165, 1.54) is 12.1 Å². The maximum Gasteiger partial charge on any atom is 0.349 e. The maximum atomic E-state index is 12.0. The normalized spacial score (nSPS) is 12.2. The molecule has 8 heteroatoms. The minimum Gasteiger partial charge on any atom is -0.422 e. The van der Waals surface area contributed by atoms with E-state index in [1.54, 1.807) is 12.1 Å². The van der Waals surface area contributed by atoms with E-state index in [1.807, 2.05) is 19.3 Å². The number of nitrogens with one attached hydrogen (secondary N) is 2. The summed E-state index contributed by atoms with van der Waals surface area (Å²) in [5.74, 6) is 3.94. The molecule has 0 bridgehead atoms. The molecule has 2 aromatic rings. The van der Waals surface area contributed by atoms with E-state index >= 15 is 0 Å². The molecule has 1 aromatic heterocycles. The number of carbonyl (C=O) groups excluding carboxylic acids is 2. The minimum absolute atomic E-state index is 0.00618. The first kappa shape index (κ1) is 16.7. The minimum atomic E-state index is -0.793. The van der Waals surface area contributed by atoms with E-state index in [9.17, 15) is 14.4 Å². The van der Waals surface area contributed by atoms with Gasteiger partial charge >= 0.3 is 5.63 Å². The largest absolute Gasteiger partial charge is 0.422 e. The summed E-state index contributed by atoms with van der Waals surface area (Å²) >= 11 is 0. The number of nitrogens with two attached hydrogens (primary N) is 2. The van der Waals surface area contributed by atoms with Crippen LogP contribution in [0.3, 0.4) is 0 Å². The van der Waals surface area contributed by atoms with Crippen molar-refractivity contribution in [2.45, 2.75) is 19.9 Å². The predicted octanol–water partition coefficient (Wildman–Crippen LogP) is 0.318. The Kier molecular flexibility index (Phi) is 4.77. The van der Waals surface area contributed by atoms with Crippen LogP contribution < -0.4 is 27.9 Å². The van der Waals surface area contributed by atoms with Crippen LogP contribution in [0.5, 0.6) is 0 Å². The monoisotopic (exact) mass is 318 g/mol. The van der Waals surface area contributed by atoms with Crippen molar-refractivity contribution in [3.05, 3.63) is 40.2 Å². The SMILES string of the molecule is CC(C)[C@H](N)C(=O)Nc1ccc2oc(=O)c(C(=O)NN)cc2c1. The molecule has 8 nitrogen and oxygen atoms in total. The summed E-state index contributed by atoms with van der Waals surface area (Å²) in [6.45, 7) is 3.69. The van der Waals surface area contributed by atoms with Crippen molar-refractivity contribution in [1.82, 2.24) is 5.43 Å². The van der Waals surface area contributed by atoms with E-state index in [0.717, 1.165) is 0 Å². The highest BCUT2D eigenvalue weighted by atomic mass is 16.4. The van der Waals surface area contributed by atoms with Crippen molar-refractivity contribution in [2.75, 3.05) is 5.32 Å². The highest BCUT2D eigenvalue weighted by molar-refractivity contribution is 5.99. The van der Waals surface area contributed by atoms with E-state index in [0.29, 0.717) is 11.1 Å². The zero-order valence-corrected chi connectivity index (χ0v) is 12.8. The first-order valence-electron chi connectivity index (χ1n) is 6.98. The number of hydrazine groups is 1. The fourth-order valence-corrected chi connectivity index (χ4v) is 1.97. The third-order valence-electron chi connectivity index (χ3n) is 3.40. The Bertz CT molecular complexity index is 813. The quantitative estimate of drug-likeness (QED) is 0.277. The first-order valence-corrected chi connectivity index (χ1v) is 6.98. The van der Waals surface area contributed by atoms with Crippen LogP contribution in [0.15, 0.2) is 33.5 Å². The summed E-state index contributed by atoms with van der Waals surface area (Å²) in [5, 5.41) is 3.15. The summed E-state index contributed by atoms with van der Waals surface area (Å²) in [4.78, 5) is 35.2. The Hall–Kier alpha value is -2.71. The molecule has 0 unspecified atom stereocenters. The molecule has 0 spiro atoms. The molecular formula is C15H18N4O4. The van der Waals surface area contributed by atoms with E-state index in [-0.39, 0.29) is 23.0 Å². The lowest BCUT2D eigenvalue weighted by Crippen LogP contribution is -2.39. The number of fused-ring (bicyclic) bond motifs is 1. The second-order valence-electron chi connectivity index (χ2n) is 5.43. The Morgan fingerprint density at radius 1 is 1.22 bits per heavy atom. The predicted molar refractivity (Wildman–Crippen MR) is 85.6 cm³/mol. The van der Waals surface area contributed by atoms with Crippen molar-refractivity contribution in [2.24, 2.45) is 17.5 Å². The van der Waals surface area contributed by atoms with Crippen LogP contribution in [-0.2, 0) is 4.79 Å². The molecule has 23 heavy (non-hydrogen) atoms. The number of carbonyl (C=O) groups is 2. The molecule has 6 N–H and O–H groups in total. The van der Waals surface area contributed by atoms with Gasteiger partial charge in [0.05, 0.1) is 6.04 Å². The van der Waals surface area contributed by atoms with Crippen molar-refractivity contribution in [3.63, 3.8) is 0 Å². The Morgan fingerprint density at radius 2 is 1.91 bits per heavy atom. The van der Waals surface area contributed by atoms with Crippen molar-refractivity contribution < 1.29 is 14.0 Å². The number of benzene rings is 1. The molecule has 122 valence electrons. The highest BCUT2D eigenvalue weighted by Gasteiger charge is 2.18. The first-order chi connectivity index (χ1) is 10.8. The van der Waals surface area contributed by atoms with Gasteiger partial charge in [0.25, 0.3) is 5.91 Å². The zero-order chi connectivity index (χ0) is 17.1. The fourth-order valence-electron chi connectivity index (χ4n) is 1.97. The van der Waals surface area contributed by atoms with Crippen LogP contribution in [0, 0.1) is 5.92 Å².